The molecule has 1 saturated heterocycles. The number of nitrogens with one attached hydrogen (secondary N) is 1. The number of halogens is 2. The third-order valence-corrected chi connectivity index (χ3v) is 5.32. The van der Waals surface area contributed by atoms with E-state index in [-0.39, 0.29) is 5.91 Å². The van der Waals surface area contributed by atoms with E-state index < -0.39 is 0 Å². The van der Waals surface area contributed by atoms with E-state index >= 15 is 0 Å². The van der Waals surface area contributed by atoms with Crippen molar-refractivity contribution >= 4 is 50.9 Å². The summed E-state index contributed by atoms with van der Waals surface area (Å²) in [5.74, 6) is 0.497. The van der Waals surface area contributed by atoms with E-state index in [0.29, 0.717) is 10.8 Å². The molecule has 142 valence electrons. The summed E-state index contributed by atoms with van der Waals surface area (Å²) in [7, 11) is 1.61. The number of benzene rings is 2. The molecule has 1 fully saturated rings. The molecule has 1 N–H and O–H groups in total. The van der Waals surface area contributed by atoms with Crippen LogP contribution in [0, 0.1) is 0 Å². The van der Waals surface area contributed by atoms with Gasteiger partial charge in [-0.15, -0.1) is 0 Å². The molecular formula is C21H22BrClN2O2. The van der Waals surface area contributed by atoms with Crippen LogP contribution in [0.1, 0.15) is 24.8 Å². The number of amides is 1. The van der Waals surface area contributed by atoms with Gasteiger partial charge < -0.3 is 15.0 Å². The van der Waals surface area contributed by atoms with E-state index in [4.69, 9.17) is 16.3 Å². The molecule has 1 amide bonds. The predicted octanol–water partition coefficient (Wildman–Crippen LogP) is 5.75. The number of rotatable bonds is 5. The number of para-hydroxylation sites is 1. The first kappa shape index (κ1) is 19.8. The Kier molecular flexibility index (Phi) is 6.80. The molecule has 1 heterocycles. The number of hydrogen-bond donors (Lipinski definition) is 1. The third kappa shape index (κ3) is 5.05. The molecule has 27 heavy (non-hydrogen) atoms. The van der Waals surface area contributed by atoms with Gasteiger partial charge in [0.15, 0.2) is 0 Å². The second-order valence-corrected chi connectivity index (χ2v) is 7.72. The Labute approximate surface area is 173 Å². The molecule has 0 spiro atoms. The number of methoxy groups -OCH3 is 1. The van der Waals surface area contributed by atoms with E-state index in [1.807, 2.05) is 36.4 Å². The molecule has 0 aliphatic carbocycles. The molecule has 3 rings (SSSR count). The van der Waals surface area contributed by atoms with Crippen molar-refractivity contribution in [3.63, 3.8) is 0 Å². The Hall–Kier alpha value is -1.98. The summed E-state index contributed by atoms with van der Waals surface area (Å²) >= 11 is 9.88. The molecule has 6 heteroatoms. The highest BCUT2D eigenvalue weighted by atomic mass is 79.9. The Morgan fingerprint density at radius 2 is 2.00 bits per heavy atom. The van der Waals surface area contributed by atoms with Crippen molar-refractivity contribution in [2.24, 2.45) is 0 Å². The third-order valence-electron chi connectivity index (χ3n) is 4.52. The van der Waals surface area contributed by atoms with Crippen LogP contribution >= 0.6 is 27.5 Å². The van der Waals surface area contributed by atoms with Crippen molar-refractivity contribution in [2.75, 3.05) is 30.4 Å². The molecular weight excluding hydrogens is 428 g/mol. The minimum absolute atomic E-state index is 0.211. The summed E-state index contributed by atoms with van der Waals surface area (Å²) in [6.07, 6.45) is 6.76. The highest BCUT2D eigenvalue weighted by Gasteiger charge is 2.18. The fourth-order valence-electron chi connectivity index (χ4n) is 3.23. The van der Waals surface area contributed by atoms with E-state index in [1.54, 1.807) is 13.2 Å². The standard InChI is InChI=1S/C21H22BrClN2O2/c1-27-19-10-9-16(22)14-15(19)8-11-20(26)24-18-7-5-6-17(23)21(18)25-12-3-2-4-13-25/h5-11,14H,2-4,12-13H2,1H3,(H,24,26)/b11-8+. The van der Waals surface area contributed by atoms with Crippen molar-refractivity contribution in [3.8, 4) is 5.75 Å². The molecule has 0 saturated carbocycles. The average molecular weight is 450 g/mol. The summed E-state index contributed by atoms with van der Waals surface area (Å²) in [5, 5.41) is 3.63. The Balaban J connectivity index is 1.78. The largest absolute Gasteiger partial charge is 0.496 e. The fourth-order valence-corrected chi connectivity index (χ4v) is 3.90. The summed E-state index contributed by atoms with van der Waals surface area (Å²) in [4.78, 5) is 14.8. The van der Waals surface area contributed by atoms with Gasteiger partial charge in [-0.25, -0.2) is 0 Å². The quantitative estimate of drug-likeness (QED) is 0.591. The van der Waals surface area contributed by atoms with Gasteiger partial charge in [0.2, 0.25) is 5.91 Å². The number of piperidine rings is 1. The molecule has 0 bridgehead atoms. The topological polar surface area (TPSA) is 41.6 Å². The highest BCUT2D eigenvalue weighted by Crippen LogP contribution is 2.35. The first-order valence-electron chi connectivity index (χ1n) is 8.94. The van der Waals surface area contributed by atoms with Crippen molar-refractivity contribution in [2.45, 2.75) is 19.3 Å². The fraction of sp³-hybridized carbons (Fsp3) is 0.286. The van der Waals surface area contributed by atoms with Gasteiger partial charge in [0.05, 0.1) is 23.5 Å². The first-order valence-corrected chi connectivity index (χ1v) is 10.1. The van der Waals surface area contributed by atoms with Crippen LogP contribution < -0.4 is 15.0 Å². The molecule has 0 atom stereocenters. The van der Waals surface area contributed by atoms with Crippen LogP contribution in [0.4, 0.5) is 11.4 Å². The second-order valence-electron chi connectivity index (χ2n) is 6.39. The summed E-state index contributed by atoms with van der Waals surface area (Å²) in [6.45, 7) is 1.91. The Morgan fingerprint density at radius 3 is 2.74 bits per heavy atom. The zero-order chi connectivity index (χ0) is 19.2. The molecule has 2 aromatic rings. The summed E-state index contributed by atoms with van der Waals surface area (Å²) in [6, 6.07) is 11.3. The van der Waals surface area contributed by atoms with Crippen LogP contribution in [0.25, 0.3) is 6.08 Å². The molecule has 0 unspecified atom stereocenters. The van der Waals surface area contributed by atoms with Gasteiger partial charge in [0.25, 0.3) is 0 Å². The lowest BCUT2D eigenvalue weighted by molar-refractivity contribution is -0.111. The Morgan fingerprint density at radius 1 is 1.22 bits per heavy atom. The zero-order valence-corrected chi connectivity index (χ0v) is 17.5. The van der Waals surface area contributed by atoms with E-state index in [0.717, 1.165) is 47.3 Å². The summed E-state index contributed by atoms with van der Waals surface area (Å²) < 4.78 is 6.26. The number of carbonyl (C=O) groups is 1. The Bertz CT molecular complexity index is 848. The SMILES string of the molecule is COc1ccc(Br)cc1/C=C/C(=O)Nc1cccc(Cl)c1N1CCCCC1. The van der Waals surface area contributed by atoms with Gasteiger partial charge in [0.1, 0.15) is 5.75 Å². The van der Waals surface area contributed by atoms with E-state index in [9.17, 15) is 4.79 Å². The molecule has 0 aromatic heterocycles. The maximum Gasteiger partial charge on any atom is 0.248 e. The number of carbonyl (C=O) groups excluding carboxylic acids is 1. The van der Waals surface area contributed by atoms with Crippen LogP contribution in [0.3, 0.4) is 0 Å². The van der Waals surface area contributed by atoms with Gasteiger partial charge in [-0.1, -0.05) is 33.6 Å². The second kappa shape index (κ2) is 9.29. The number of nitrogens with zero attached hydrogens (tertiary/aromatic N) is 1. The molecule has 1 aliphatic rings. The van der Waals surface area contributed by atoms with E-state index in [1.165, 1.54) is 12.5 Å². The van der Waals surface area contributed by atoms with Crippen LogP contribution in [-0.4, -0.2) is 26.1 Å². The molecule has 4 nitrogen and oxygen atoms in total. The zero-order valence-electron chi connectivity index (χ0n) is 15.2. The lowest BCUT2D eigenvalue weighted by Gasteiger charge is -2.31. The lowest BCUT2D eigenvalue weighted by atomic mass is 10.1. The average Bonchev–Trinajstić information content (AvgIpc) is 2.67. The van der Waals surface area contributed by atoms with Gasteiger partial charge in [0, 0.05) is 29.2 Å². The number of anilines is 2. The molecule has 0 radical (unpaired) electrons. The van der Waals surface area contributed by atoms with Gasteiger partial charge in [-0.3, -0.25) is 4.79 Å². The predicted molar refractivity (Wildman–Crippen MR) is 116 cm³/mol. The van der Waals surface area contributed by atoms with Crippen molar-refractivity contribution in [1.82, 2.24) is 0 Å². The highest BCUT2D eigenvalue weighted by molar-refractivity contribution is 9.10. The molecule has 1 aliphatic heterocycles. The van der Waals surface area contributed by atoms with Crippen LogP contribution in [-0.2, 0) is 4.79 Å². The van der Waals surface area contributed by atoms with Crippen LogP contribution in [0.15, 0.2) is 46.9 Å². The monoisotopic (exact) mass is 448 g/mol. The summed E-state index contributed by atoms with van der Waals surface area (Å²) in [5.41, 5.74) is 2.46. The van der Waals surface area contributed by atoms with Gasteiger partial charge >= 0.3 is 0 Å². The maximum atomic E-state index is 12.5. The van der Waals surface area contributed by atoms with Crippen LogP contribution in [0.2, 0.25) is 5.02 Å². The maximum absolute atomic E-state index is 12.5. The normalized spacial score (nSPS) is 14.4. The van der Waals surface area contributed by atoms with Crippen molar-refractivity contribution < 1.29 is 9.53 Å². The lowest BCUT2D eigenvalue weighted by Crippen LogP contribution is -2.30. The minimum Gasteiger partial charge on any atom is -0.496 e. The minimum atomic E-state index is -0.211. The van der Waals surface area contributed by atoms with Crippen molar-refractivity contribution in [1.29, 1.82) is 0 Å². The van der Waals surface area contributed by atoms with Crippen molar-refractivity contribution in [3.05, 3.63) is 57.5 Å². The van der Waals surface area contributed by atoms with Crippen LogP contribution in [0.5, 0.6) is 5.75 Å². The van der Waals surface area contributed by atoms with Gasteiger partial charge in [-0.05, 0) is 55.7 Å². The number of ether oxygens (including phenoxy) is 1. The first-order chi connectivity index (χ1) is 13.1. The van der Waals surface area contributed by atoms with Gasteiger partial charge in [-0.2, -0.15) is 0 Å². The smallest absolute Gasteiger partial charge is 0.248 e. The molecule has 2 aromatic carbocycles. The van der Waals surface area contributed by atoms with E-state index in [2.05, 4.69) is 26.1 Å². The number of hydrogen-bond acceptors (Lipinski definition) is 3.